The SMILES string of the molecule is CCC.COc1c(Nc2cc(NC(=O)C3CC3)nc3c2nc(C(F)F)n3PI)cccc1-n1ncnc1C. The molecule has 0 saturated heterocycles. The van der Waals surface area contributed by atoms with Crippen LogP contribution in [0.25, 0.3) is 16.9 Å². The molecule has 1 aromatic carbocycles. The number of carbonyl (C=O) groups excluding carboxylic acids is 1. The zero-order valence-corrected chi connectivity index (χ0v) is 24.5. The fourth-order valence-electron chi connectivity index (χ4n) is 3.71. The van der Waals surface area contributed by atoms with Gasteiger partial charge in [0.25, 0.3) is 6.43 Å². The van der Waals surface area contributed by atoms with E-state index in [1.54, 1.807) is 16.8 Å². The van der Waals surface area contributed by atoms with E-state index in [4.69, 9.17) is 4.74 Å². The predicted molar refractivity (Wildman–Crippen MR) is 153 cm³/mol. The molecule has 1 atom stereocenters. The summed E-state index contributed by atoms with van der Waals surface area (Å²) in [4.78, 5) is 25.2. The van der Waals surface area contributed by atoms with Crippen LogP contribution < -0.4 is 15.4 Å². The molecule has 1 aliphatic rings. The zero-order chi connectivity index (χ0) is 27.4. The fraction of sp³-hybridized carbons (Fsp3) is 0.375. The van der Waals surface area contributed by atoms with Crippen molar-refractivity contribution in [3.63, 3.8) is 0 Å². The van der Waals surface area contributed by atoms with Gasteiger partial charge in [-0.1, -0.05) is 26.3 Å². The Morgan fingerprint density at radius 3 is 2.58 bits per heavy atom. The molecule has 0 radical (unpaired) electrons. The molecule has 1 amide bonds. The van der Waals surface area contributed by atoms with Crippen molar-refractivity contribution in [3.8, 4) is 11.4 Å². The molecular weight excluding hydrogens is 628 g/mol. The number of hydrogen-bond acceptors (Lipinski definition) is 7. The number of amides is 1. The number of nitrogens with zero attached hydrogens (tertiary/aromatic N) is 6. The van der Waals surface area contributed by atoms with Crippen LogP contribution in [0.4, 0.5) is 26.0 Å². The quantitative estimate of drug-likeness (QED) is 0.163. The summed E-state index contributed by atoms with van der Waals surface area (Å²) in [6, 6.07) is 7.02. The van der Waals surface area contributed by atoms with E-state index in [9.17, 15) is 13.6 Å². The van der Waals surface area contributed by atoms with Gasteiger partial charge in [0, 0.05) is 12.0 Å². The maximum absolute atomic E-state index is 13.8. The Morgan fingerprint density at radius 1 is 1.26 bits per heavy atom. The van der Waals surface area contributed by atoms with Gasteiger partial charge in [0.1, 0.15) is 29.2 Å². The average Bonchev–Trinajstić information content (AvgIpc) is 3.55. The van der Waals surface area contributed by atoms with Crippen molar-refractivity contribution in [1.82, 2.24) is 29.1 Å². The largest absolute Gasteiger partial charge is 0.492 e. The zero-order valence-electron chi connectivity index (χ0n) is 21.3. The molecule has 1 saturated carbocycles. The van der Waals surface area contributed by atoms with Crippen molar-refractivity contribution in [3.05, 3.63) is 42.2 Å². The van der Waals surface area contributed by atoms with Gasteiger partial charge >= 0.3 is 0 Å². The van der Waals surface area contributed by atoms with Crippen LogP contribution in [-0.4, -0.2) is 42.1 Å². The third-order valence-corrected chi connectivity index (χ3v) is 7.59. The van der Waals surface area contributed by atoms with Crippen molar-refractivity contribution in [1.29, 1.82) is 0 Å². The molecule has 38 heavy (non-hydrogen) atoms. The van der Waals surface area contributed by atoms with Crippen molar-refractivity contribution in [2.75, 3.05) is 17.7 Å². The van der Waals surface area contributed by atoms with Crippen LogP contribution in [0.2, 0.25) is 0 Å². The second-order valence-electron chi connectivity index (χ2n) is 8.59. The Balaban J connectivity index is 0.00000107. The first kappa shape index (κ1) is 28.1. The number of methoxy groups -OCH3 is 1. The number of para-hydroxylation sites is 1. The van der Waals surface area contributed by atoms with Gasteiger partial charge in [0.15, 0.2) is 17.2 Å². The number of carbonyl (C=O) groups is 1. The van der Waals surface area contributed by atoms with Crippen LogP contribution in [0, 0.1) is 12.8 Å². The standard InChI is InChI=1S/C21H20F2IN8O2P.C3H8/c1-10-25-9-26-31(10)14-5-3-4-12(17(14)34-2)27-13-8-15(29-21(33)11-6-7-11)28-19-16(13)30-20(18(22)23)32(19)35-24;1-3-2/h3-5,8-9,11,18,35H,6-7H2,1-2H3,(H2,27,28,29,33);3H2,1-2H3. The van der Waals surface area contributed by atoms with Gasteiger partial charge in [0.2, 0.25) is 5.91 Å². The second kappa shape index (κ2) is 12.3. The molecule has 3 aromatic heterocycles. The summed E-state index contributed by atoms with van der Waals surface area (Å²) in [5.74, 6) is 0.837. The Bertz CT molecular complexity index is 1440. The number of fused-ring (bicyclic) bond motifs is 1. The van der Waals surface area contributed by atoms with Crippen LogP contribution in [0.5, 0.6) is 5.75 Å². The maximum Gasteiger partial charge on any atom is 0.295 e. The van der Waals surface area contributed by atoms with Crippen molar-refractivity contribution in [2.24, 2.45) is 5.92 Å². The average molecular weight is 656 g/mol. The van der Waals surface area contributed by atoms with Gasteiger partial charge in [0.05, 0.1) is 24.9 Å². The van der Waals surface area contributed by atoms with E-state index in [1.165, 1.54) is 24.2 Å². The predicted octanol–water partition coefficient (Wildman–Crippen LogP) is 6.57. The number of rotatable bonds is 8. The highest BCUT2D eigenvalue weighted by Gasteiger charge is 2.30. The number of halogens is 3. The molecule has 3 heterocycles. The lowest BCUT2D eigenvalue weighted by atomic mass is 10.2. The molecule has 1 unspecified atom stereocenters. The van der Waals surface area contributed by atoms with Crippen LogP contribution in [0.15, 0.2) is 30.6 Å². The Morgan fingerprint density at radius 2 is 2.00 bits per heavy atom. The molecule has 0 bridgehead atoms. The van der Waals surface area contributed by atoms with Gasteiger partial charge < -0.3 is 15.4 Å². The lowest BCUT2D eigenvalue weighted by molar-refractivity contribution is -0.117. The highest BCUT2D eigenvalue weighted by atomic mass is 127. The lowest BCUT2D eigenvalue weighted by Crippen LogP contribution is -2.14. The molecule has 2 N–H and O–H groups in total. The summed E-state index contributed by atoms with van der Waals surface area (Å²) in [7, 11) is 1.53. The van der Waals surface area contributed by atoms with E-state index in [-0.39, 0.29) is 41.0 Å². The minimum Gasteiger partial charge on any atom is -0.492 e. The minimum atomic E-state index is -2.78. The van der Waals surface area contributed by atoms with Crippen molar-refractivity contribution >= 4 is 62.7 Å². The van der Waals surface area contributed by atoms with Crippen LogP contribution in [-0.2, 0) is 4.79 Å². The van der Waals surface area contributed by atoms with Gasteiger partial charge in [-0.15, -0.1) is 0 Å². The number of hydrogen-bond donors (Lipinski definition) is 2. The van der Waals surface area contributed by atoms with Gasteiger partial charge in [-0.25, -0.2) is 28.4 Å². The summed E-state index contributed by atoms with van der Waals surface area (Å²) >= 11 is 2.01. The van der Waals surface area contributed by atoms with E-state index in [2.05, 4.69) is 44.5 Å². The molecule has 1 fully saturated rings. The van der Waals surface area contributed by atoms with Crippen LogP contribution in [0.1, 0.15) is 51.2 Å². The minimum absolute atomic E-state index is 0.0420. The van der Waals surface area contributed by atoms with Crippen molar-refractivity contribution in [2.45, 2.75) is 46.5 Å². The molecule has 202 valence electrons. The fourth-order valence-corrected chi connectivity index (χ4v) is 5.61. The first-order valence-corrected chi connectivity index (χ1v) is 16.1. The summed E-state index contributed by atoms with van der Waals surface area (Å²) in [6.45, 7) is 6.07. The highest BCUT2D eigenvalue weighted by Crippen LogP contribution is 2.40. The number of imidazole rings is 1. The Kier molecular flexibility index (Phi) is 9.08. The number of aromatic nitrogens is 6. The van der Waals surface area contributed by atoms with Gasteiger partial charge in [-0.3, -0.25) is 9.13 Å². The third kappa shape index (κ3) is 5.88. The molecule has 0 aliphatic heterocycles. The molecule has 1 aliphatic carbocycles. The smallest absolute Gasteiger partial charge is 0.295 e. The first-order chi connectivity index (χ1) is 18.3. The second-order valence-corrected chi connectivity index (χ2v) is 10.7. The van der Waals surface area contributed by atoms with Crippen LogP contribution >= 0.6 is 28.4 Å². The van der Waals surface area contributed by atoms with E-state index >= 15 is 0 Å². The topological polar surface area (TPSA) is 112 Å². The lowest BCUT2D eigenvalue weighted by Gasteiger charge is -2.16. The molecule has 10 nitrogen and oxygen atoms in total. The maximum atomic E-state index is 13.8. The molecule has 0 spiro atoms. The summed E-state index contributed by atoms with van der Waals surface area (Å²) in [6.07, 6.45) is 1.51. The first-order valence-electron chi connectivity index (χ1n) is 12.0. The molecule has 5 rings (SSSR count). The van der Waals surface area contributed by atoms with Gasteiger partial charge in [-0.2, -0.15) is 5.10 Å². The third-order valence-electron chi connectivity index (χ3n) is 5.53. The highest BCUT2D eigenvalue weighted by molar-refractivity contribution is 14.2. The molecule has 14 heteroatoms. The number of aryl methyl sites for hydroxylation is 1. The summed E-state index contributed by atoms with van der Waals surface area (Å²) in [5.41, 5.74) is 2.12. The van der Waals surface area contributed by atoms with E-state index < -0.39 is 6.43 Å². The van der Waals surface area contributed by atoms with Crippen molar-refractivity contribution < 1.29 is 18.3 Å². The number of anilines is 3. The Hall–Kier alpha value is -2.93. The number of alkyl halides is 2. The normalized spacial score (nSPS) is 13.2. The molecule has 4 aromatic rings. The number of pyridine rings is 1. The van der Waals surface area contributed by atoms with E-state index in [1.807, 2.05) is 41.1 Å². The monoisotopic (exact) mass is 656 g/mol. The molecular formula is C24H28F2IN8O2P. The Labute approximate surface area is 233 Å². The van der Waals surface area contributed by atoms with E-state index in [0.29, 0.717) is 28.6 Å². The van der Waals surface area contributed by atoms with Gasteiger partial charge in [-0.05, 0) is 53.9 Å². The number of ether oxygens (including phenoxy) is 1. The van der Waals surface area contributed by atoms with Crippen LogP contribution in [0.3, 0.4) is 0 Å². The summed E-state index contributed by atoms with van der Waals surface area (Å²) in [5, 5.41) is 10.3. The number of nitrogens with one attached hydrogen (secondary N) is 2. The van der Waals surface area contributed by atoms with E-state index in [0.717, 1.165) is 12.8 Å². The number of benzene rings is 1. The summed E-state index contributed by atoms with van der Waals surface area (Å²) < 4.78 is 36.2.